The summed E-state index contributed by atoms with van der Waals surface area (Å²) in [5.74, 6) is -0.208. The molecule has 0 radical (unpaired) electrons. The number of nitrogens with one attached hydrogen (secondary N) is 2. The largest absolute Gasteiger partial charge is 0.351 e. The molecule has 0 saturated carbocycles. The third-order valence-electron chi connectivity index (χ3n) is 2.44. The number of H-pyrrole nitrogens is 1. The first-order chi connectivity index (χ1) is 8.33. The summed E-state index contributed by atoms with van der Waals surface area (Å²) in [6, 6.07) is 9.50. The summed E-state index contributed by atoms with van der Waals surface area (Å²) in [5, 5.41) is 18.7. The Bertz CT molecular complexity index is 567. The Morgan fingerprint density at radius 2 is 2.29 bits per heavy atom. The molecule has 0 saturated heterocycles. The van der Waals surface area contributed by atoms with Crippen LogP contribution in [0.2, 0.25) is 0 Å². The van der Waals surface area contributed by atoms with Gasteiger partial charge in [0, 0.05) is 18.4 Å². The van der Waals surface area contributed by atoms with Crippen molar-refractivity contribution in [2.75, 3.05) is 6.54 Å². The van der Waals surface area contributed by atoms with Gasteiger partial charge in [-0.25, -0.2) is 0 Å². The first-order valence-corrected chi connectivity index (χ1v) is 5.41. The van der Waals surface area contributed by atoms with Crippen LogP contribution in [0.5, 0.6) is 0 Å². The Labute approximate surface area is 98.4 Å². The number of unbranched alkanes of at least 4 members (excludes halogenated alkanes) is 1. The predicted octanol–water partition coefficient (Wildman–Crippen LogP) is 1.60. The van der Waals surface area contributed by atoms with E-state index in [1.165, 1.54) is 0 Å². The van der Waals surface area contributed by atoms with E-state index in [1.54, 1.807) is 0 Å². The van der Waals surface area contributed by atoms with Crippen molar-refractivity contribution in [2.24, 2.45) is 0 Å². The second-order valence-electron chi connectivity index (χ2n) is 3.64. The molecule has 2 N–H and O–H groups in total. The van der Waals surface area contributed by atoms with Crippen LogP contribution in [0.1, 0.15) is 23.3 Å². The van der Waals surface area contributed by atoms with Crippen LogP contribution < -0.4 is 5.32 Å². The van der Waals surface area contributed by atoms with Gasteiger partial charge in [-0.1, -0.05) is 18.2 Å². The molecule has 1 aromatic carbocycles. The molecular weight excluding hydrogens is 216 g/mol. The average molecular weight is 228 g/mol. The molecule has 1 heterocycles. The van der Waals surface area contributed by atoms with Gasteiger partial charge in [0.2, 0.25) is 0 Å². The first-order valence-electron chi connectivity index (χ1n) is 5.41. The highest BCUT2D eigenvalue weighted by Gasteiger charge is 2.12. The van der Waals surface area contributed by atoms with Gasteiger partial charge in [0.25, 0.3) is 5.91 Å². The Morgan fingerprint density at radius 1 is 1.47 bits per heavy atom. The topological polar surface area (TPSA) is 81.6 Å². The molecule has 0 aliphatic carbocycles. The number of carbonyl (C=O) groups excluding carboxylic acids is 1. The van der Waals surface area contributed by atoms with Crippen molar-refractivity contribution in [1.29, 1.82) is 5.26 Å². The quantitative estimate of drug-likeness (QED) is 0.780. The maximum absolute atomic E-state index is 11.8. The summed E-state index contributed by atoms with van der Waals surface area (Å²) in [5.41, 5.74) is 1.24. The number of amides is 1. The molecule has 1 amide bonds. The highest BCUT2D eigenvalue weighted by atomic mass is 16.1. The molecule has 0 atom stereocenters. The zero-order valence-corrected chi connectivity index (χ0v) is 9.23. The highest BCUT2D eigenvalue weighted by Crippen LogP contribution is 2.14. The molecule has 17 heavy (non-hydrogen) atoms. The summed E-state index contributed by atoms with van der Waals surface area (Å²) in [4.78, 5) is 11.8. The van der Waals surface area contributed by atoms with Crippen molar-refractivity contribution in [2.45, 2.75) is 12.8 Å². The Balaban J connectivity index is 2.07. The van der Waals surface area contributed by atoms with Gasteiger partial charge >= 0.3 is 0 Å². The second kappa shape index (κ2) is 5.12. The lowest BCUT2D eigenvalue weighted by molar-refractivity contribution is 0.0950. The lowest BCUT2D eigenvalue weighted by Gasteiger charge is -2.00. The number of fused-ring (bicyclic) bond motifs is 1. The van der Waals surface area contributed by atoms with Crippen LogP contribution in [0, 0.1) is 11.3 Å². The van der Waals surface area contributed by atoms with Crippen molar-refractivity contribution in [3.63, 3.8) is 0 Å². The third kappa shape index (κ3) is 2.42. The standard InChI is InChI=1S/C12H12N4O/c13-7-3-4-8-14-12(17)11-9-5-1-2-6-10(9)15-16-11/h1-2,5-6H,3-4,8H2,(H,14,17)(H,15,16). The number of hydrogen-bond acceptors (Lipinski definition) is 3. The van der Waals surface area contributed by atoms with Gasteiger partial charge in [0.1, 0.15) is 0 Å². The molecule has 0 unspecified atom stereocenters. The smallest absolute Gasteiger partial charge is 0.272 e. The number of aromatic amines is 1. The minimum atomic E-state index is -0.208. The monoisotopic (exact) mass is 228 g/mol. The van der Waals surface area contributed by atoms with E-state index in [4.69, 9.17) is 5.26 Å². The highest BCUT2D eigenvalue weighted by molar-refractivity contribution is 6.04. The SMILES string of the molecule is N#CCCCNC(=O)c1n[nH]c2ccccc12. The Kier molecular flexibility index (Phi) is 3.36. The van der Waals surface area contributed by atoms with Crippen LogP contribution in [-0.2, 0) is 0 Å². The zero-order chi connectivity index (χ0) is 12.1. The summed E-state index contributed by atoms with van der Waals surface area (Å²) in [7, 11) is 0. The number of nitrogens with zero attached hydrogens (tertiary/aromatic N) is 2. The molecule has 5 heteroatoms. The van der Waals surface area contributed by atoms with Crippen LogP contribution >= 0.6 is 0 Å². The third-order valence-corrected chi connectivity index (χ3v) is 2.44. The summed E-state index contributed by atoms with van der Waals surface area (Å²) >= 11 is 0. The van der Waals surface area contributed by atoms with Crippen LogP contribution in [0.15, 0.2) is 24.3 Å². The molecule has 0 bridgehead atoms. The first kappa shape index (κ1) is 11.1. The number of benzene rings is 1. The maximum atomic E-state index is 11.8. The molecule has 2 aromatic rings. The van der Waals surface area contributed by atoms with Crippen molar-refractivity contribution >= 4 is 16.8 Å². The molecule has 0 aliphatic heterocycles. The van der Waals surface area contributed by atoms with Gasteiger partial charge in [-0.3, -0.25) is 9.89 Å². The molecule has 86 valence electrons. The van der Waals surface area contributed by atoms with Crippen molar-refractivity contribution in [3.8, 4) is 6.07 Å². The fourth-order valence-corrected chi connectivity index (χ4v) is 1.59. The maximum Gasteiger partial charge on any atom is 0.272 e. The number of rotatable bonds is 4. The van der Waals surface area contributed by atoms with Crippen LogP contribution in [0.25, 0.3) is 10.9 Å². The minimum Gasteiger partial charge on any atom is -0.351 e. The fourth-order valence-electron chi connectivity index (χ4n) is 1.59. The number of hydrogen-bond donors (Lipinski definition) is 2. The predicted molar refractivity (Wildman–Crippen MR) is 63.3 cm³/mol. The van der Waals surface area contributed by atoms with Gasteiger partial charge in [0.05, 0.1) is 11.6 Å². The van der Waals surface area contributed by atoms with E-state index in [9.17, 15) is 4.79 Å². The van der Waals surface area contributed by atoms with E-state index in [2.05, 4.69) is 15.5 Å². The van der Waals surface area contributed by atoms with Crippen LogP contribution in [0.3, 0.4) is 0 Å². The van der Waals surface area contributed by atoms with Gasteiger partial charge in [-0.05, 0) is 12.5 Å². The minimum absolute atomic E-state index is 0.208. The summed E-state index contributed by atoms with van der Waals surface area (Å²) in [6.07, 6.45) is 1.10. The fraction of sp³-hybridized carbons (Fsp3) is 0.250. The van der Waals surface area contributed by atoms with E-state index in [0.717, 1.165) is 10.9 Å². The van der Waals surface area contributed by atoms with Crippen molar-refractivity contribution < 1.29 is 4.79 Å². The molecule has 0 fully saturated rings. The lowest BCUT2D eigenvalue weighted by atomic mass is 10.2. The van der Waals surface area contributed by atoms with Crippen LogP contribution in [-0.4, -0.2) is 22.6 Å². The molecule has 1 aromatic heterocycles. The van der Waals surface area contributed by atoms with Crippen molar-refractivity contribution in [1.82, 2.24) is 15.5 Å². The zero-order valence-electron chi connectivity index (χ0n) is 9.23. The number of nitriles is 1. The van der Waals surface area contributed by atoms with E-state index < -0.39 is 0 Å². The van der Waals surface area contributed by atoms with E-state index in [0.29, 0.717) is 25.1 Å². The number of carbonyl (C=O) groups is 1. The second-order valence-corrected chi connectivity index (χ2v) is 3.64. The normalized spacial score (nSPS) is 10.1. The van der Waals surface area contributed by atoms with Gasteiger partial charge in [-0.2, -0.15) is 10.4 Å². The average Bonchev–Trinajstić information content (AvgIpc) is 2.78. The Morgan fingerprint density at radius 3 is 3.12 bits per heavy atom. The van der Waals surface area contributed by atoms with E-state index in [-0.39, 0.29) is 5.91 Å². The van der Waals surface area contributed by atoms with E-state index in [1.807, 2.05) is 30.3 Å². The van der Waals surface area contributed by atoms with E-state index >= 15 is 0 Å². The van der Waals surface area contributed by atoms with Gasteiger partial charge in [0.15, 0.2) is 5.69 Å². The molecule has 0 spiro atoms. The molecule has 5 nitrogen and oxygen atoms in total. The Hall–Kier alpha value is -2.35. The molecule has 0 aliphatic rings. The number of para-hydroxylation sites is 1. The lowest BCUT2D eigenvalue weighted by Crippen LogP contribution is -2.24. The number of aromatic nitrogens is 2. The van der Waals surface area contributed by atoms with Gasteiger partial charge in [-0.15, -0.1) is 0 Å². The van der Waals surface area contributed by atoms with Crippen LogP contribution in [0.4, 0.5) is 0 Å². The van der Waals surface area contributed by atoms with Gasteiger partial charge < -0.3 is 5.32 Å². The molecule has 2 rings (SSSR count). The summed E-state index contributed by atoms with van der Waals surface area (Å²) in [6.45, 7) is 0.494. The summed E-state index contributed by atoms with van der Waals surface area (Å²) < 4.78 is 0. The van der Waals surface area contributed by atoms with Crippen molar-refractivity contribution in [3.05, 3.63) is 30.0 Å². The molecular formula is C12H12N4O.